The molecule has 0 bridgehead atoms. The maximum atomic E-state index is 11.2. The Bertz CT molecular complexity index is 772. The number of rotatable bonds is 3. The van der Waals surface area contributed by atoms with Crippen LogP contribution in [0.1, 0.15) is 11.1 Å². The molecule has 0 aromatic heterocycles. The second kappa shape index (κ2) is 6.12. The van der Waals surface area contributed by atoms with E-state index in [9.17, 15) is 10.1 Å². The summed E-state index contributed by atoms with van der Waals surface area (Å²) in [4.78, 5) is 10.6. The van der Waals surface area contributed by atoms with Gasteiger partial charge in [-0.05, 0) is 30.7 Å². The molecule has 0 amide bonds. The van der Waals surface area contributed by atoms with Crippen molar-refractivity contribution in [1.82, 2.24) is 0 Å². The third kappa shape index (κ3) is 3.32. The number of nitriles is 1. The molecule has 2 aromatic rings. The van der Waals surface area contributed by atoms with Gasteiger partial charge in [0.2, 0.25) is 5.75 Å². The number of benzene rings is 2. The third-order valence-corrected chi connectivity index (χ3v) is 3.39. The van der Waals surface area contributed by atoms with Gasteiger partial charge in [0.15, 0.2) is 0 Å². The summed E-state index contributed by atoms with van der Waals surface area (Å²) < 4.78 is 6.16. The Kier molecular flexibility index (Phi) is 4.46. The van der Waals surface area contributed by atoms with Crippen molar-refractivity contribution < 1.29 is 9.66 Å². The smallest absolute Gasteiger partial charge is 0.312 e. The molecule has 5 nitrogen and oxygen atoms in total. The summed E-state index contributed by atoms with van der Waals surface area (Å²) in [5, 5.41) is 20.6. The van der Waals surface area contributed by atoms with Crippen LogP contribution in [0.3, 0.4) is 0 Å². The first-order valence-corrected chi connectivity index (χ1v) is 6.91. The van der Waals surface area contributed by atoms with E-state index in [2.05, 4.69) is 15.9 Å². The molecule has 0 saturated heterocycles. The predicted molar refractivity (Wildman–Crippen MR) is 81.8 cm³/mol. The minimum Gasteiger partial charge on any atom is -0.448 e. The van der Waals surface area contributed by atoms with Crippen molar-refractivity contribution in [2.45, 2.75) is 6.92 Å². The quantitative estimate of drug-likeness (QED) is 0.566. The average Bonchev–Trinajstić information content (AvgIpc) is 2.41. The SMILES string of the molecule is Cc1cc(Br)cc([N+](=O)[O-])c1Oc1cc(Cl)ccc1C#N. The summed E-state index contributed by atoms with van der Waals surface area (Å²) in [6.45, 7) is 1.68. The first-order chi connectivity index (χ1) is 9.92. The minimum absolute atomic E-state index is 0.0852. The Labute approximate surface area is 134 Å². The van der Waals surface area contributed by atoms with Gasteiger partial charge in [0.1, 0.15) is 11.8 Å². The van der Waals surface area contributed by atoms with Crippen LogP contribution in [0.15, 0.2) is 34.8 Å². The summed E-state index contributed by atoms with van der Waals surface area (Å²) in [6.07, 6.45) is 0. The maximum Gasteiger partial charge on any atom is 0.312 e. The fourth-order valence-electron chi connectivity index (χ4n) is 1.76. The van der Waals surface area contributed by atoms with Crippen molar-refractivity contribution in [3.05, 3.63) is 61.1 Å². The van der Waals surface area contributed by atoms with Gasteiger partial charge in [-0.1, -0.05) is 27.5 Å². The van der Waals surface area contributed by atoms with Gasteiger partial charge >= 0.3 is 5.69 Å². The molecular formula is C14H8BrClN2O3. The number of ether oxygens (including phenoxy) is 1. The van der Waals surface area contributed by atoms with Gasteiger partial charge < -0.3 is 4.74 Å². The Morgan fingerprint density at radius 1 is 1.38 bits per heavy atom. The van der Waals surface area contributed by atoms with Crippen LogP contribution in [0, 0.1) is 28.4 Å². The van der Waals surface area contributed by atoms with Crippen LogP contribution in [-0.4, -0.2) is 4.92 Å². The highest BCUT2D eigenvalue weighted by Gasteiger charge is 2.21. The van der Waals surface area contributed by atoms with Gasteiger partial charge in [-0.25, -0.2) is 0 Å². The highest BCUT2D eigenvalue weighted by Crippen LogP contribution is 2.38. The number of nitro benzene ring substituents is 1. The Hall–Kier alpha value is -2.10. The topological polar surface area (TPSA) is 76.2 Å². The van der Waals surface area contributed by atoms with E-state index in [0.717, 1.165) is 0 Å². The number of halogens is 2. The van der Waals surface area contributed by atoms with Crippen LogP contribution in [-0.2, 0) is 0 Å². The summed E-state index contributed by atoms with van der Waals surface area (Å²) in [7, 11) is 0. The van der Waals surface area contributed by atoms with Crippen LogP contribution in [0.5, 0.6) is 11.5 Å². The molecule has 2 aromatic carbocycles. The lowest BCUT2D eigenvalue weighted by Crippen LogP contribution is -1.97. The molecule has 0 heterocycles. The highest BCUT2D eigenvalue weighted by atomic mass is 79.9. The number of nitro groups is 1. The van der Waals surface area contributed by atoms with E-state index in [1.807, 2.05) is 6.07 Å². The van der Waals surface area contributed by atoms with E-state index in [4.69, 9.17) is 21.6 Å². The van der Waals surface area contributed by atoms with E-state index >= 15 is 0 Å². The molecule has 0 unspecified atom stereocenters. The van der Waals surface area contributed by atoms with Crippen molar-refractivity contribution in [3.63, 3.8) is 0 Å². The lowest BCUT2D eigenvalue weighted by molar-refractivity contribution is -0.385. The van der Waals surface area contributed by atoms with Crippen molar-refractivity contribution in [2.75, 3.05) is 0 Å². The standard InChI is InChI=1S/C14H8BrClN2O3/c1-8-4-10(15)5-12(18(19)20)14(8)21-13-6-11(16)3-2-9(13)7-17/h2-6H,1H3. The third-order valence-electron chi connectivity index (χ3n) is 2.69. The number of aryl methyl sites for hydroxylation is 1. The second-order valence-electron chi connectivity index (χ2n) is 4.18. The zero-order chi connectivity index (χ0) is 15.6. The summed E-state index contributed by atoms with van der Waals surface area (Å²) in [5.41, 5.74) is 0.627. The van der Waals surface area contributed by atoms with Gasteiger partial charge in [-0.15, -0.1) is 0 Å². The first kappa shape index (κ1) is 15.3. The van der Waals surface area contributed by atoms with Crippen molar-refractivity contribution in [2.24, 2.45) is 0 Å². The zero-order valence-corrected chi connectivity index (χ0v) is 13.1. The zero-order valence-electron chi connectivity index (χ0n) is 10.8. The second-order valence-corrected chi connectivity index (χ2v) is 5.53. The van der Waals surface area contributed by atoms with E-state index in [0.29, 0.717) is 15.1 Å². The van der Waals surface area contributed by atoms with Crippen LogP contribution >= 0.6 is 27.5 Å². The number of nitrogens with zero attached hydrogens (tertiary/aromatic N) is 2. The first-order valence-electron chi connectivity index (χ1n) is 5.74. The minimum atomic E-state index is -0.538. The molecule has 106 valence electrons. The van der Waals surface area contributed by atoms with Gasteiger partial charge in [0.25, 0.3) is 0 Å². The van der Waals surface area contributed by atoms with Crippen molar-refractivity contribution in [1.29, 1.82) is 5.26 Å². The van der Waals surface area contributed by atoms with Crippen LogP contribution in [0.2, 0.25) is 5.02 Å². The molecule has 0 aliphatic heterocycles. The molecule has 0 fully saturated rings. The fourth-order valence-corrected chi connectivity index (χ4v) is 2.49. The fraction of sp³-hybridized carbons (Fsp3) is 0.0714. The van der Waals surface area contributed by atoms with Gasteiger partial charge in [0.05, 0.1) is 10.5 Å². The molecule has 0 aliphatic rings. The molecule has 0 spiro atoms. The van der Waals surface area contributed by atoms with Crippen LogP contribution in [0.25, 0.3) is 0 Å². The lowest BCUT2D eigenvalue weighted by Gasteiger charge is -2.11. The van der Waals surface area contributed by atoms with E-state index < -0.39 is 4.92 Å². The normalized spacial score (nSPS) is 10.0. The molecule has 0 radical (unpaired) electrons. The number of hydrogen-bond donors (Lipinski definition) is 0. The monoisotopic (exact) mass is 366 g/mol. The van der Waals surface area contributed by atoms with Crippen LogP contribution in [0.4, 0.5) is 5.69 Å². The predicted octanol–water partition coefficient (Wildman–Crippen LogP) is 4.98. The molecular weight excluding hydrogens is 360 g/mol. The largest absolute Gasteiger partial charge is 0.448 e. The van der Waals surface area contributed by atoms with Crippen molar-refractivity contribution >= 4 is 33.2 Å². The molecule has 0 N–H and O–H groups in total. The maximum absolute atomic E-state index is 11.2. The molecule has 21 heavy (non-hydrogen) atoms. The summed E-state index contributed by atoms with van der Waals surface area (Å²) >= 11 is 9.08. The lowest BCUT2D eigenvalue weighted by atomic mass is 10.2. The Balaban J connectivity index is 2.57. The van der Waals surface area contributed by atoms with Gasteiger partial charge in [-0.3, -0.25) is 10.1 Å². The molecule has 0 aliphatic carbocycles. The average molecular weight is 368 g/mol. The molecule has 2 rings (SSSR count). The summed E-state index contributed by atoms with van der Waals surface area (Å²) in [5.74, 6) is 0.264. The van der Waals surface area contributed by atoms with Gasteiger partial charge in [0, 0.05) is 21.6 Å². The van der Waals surface area contributed by atoms with Crippen molar-refractivity contribution in [3.8, 4) is 17.6 Å². The Morgan fingerprint density at radius 2 is 2.10 bits per heavy atom. The molecule has 0 saturated carbocycles. The summed E-state index contributed by atoms with van der Waals surface area (Å²) in [6, 6.07) is 9.50. The number of hydrogen-bond acceptors (Lipinski definition) is 4. The molecule has 7 heteroatoms. The Morgan fingerprint density at radius 3 is 2.71 bits per heavy atom. The highest BCUT2D eigenvalue weighted by molar-refractivity contribution is 9.10. The van der Waals surface area contributed by atoms with E-state index in [1.54, 1.807) is 19.1 Å². The van der Waals surface area contributed by atoms with Crippen LogP contribution < -0.4 is 4.74 Å². The molecule has 0 atom stereocenters. The van der Waals surface area contributed by atoms with E-state index in [-0.39, 0.29) is 22.7 Å². The van der Waals surface area contributed by atoms with Gasteiger partial charge in [-0.2, -0.15) is 5.26 Å². The van der Waals surface area contributed by atoms with E-state index in [1.165, 1.54) is 18.2 Å².